The highest BCUT2D eigenvalue weighted by Gasteiger charge is 2.15. The predicted octanol–water partition coefficient (Wildman–Crippen LogP) is 4.44. The lowest BCUT2D eigenvalue weighted by Crippen LogP contribution is -2.11. The van der Waals surface area contributed by atoms with Crippen LogP contribution in [0, 0.1) is 25.2 Å². The van der Waals surface area contributed by atoms with E-state index in [2.05, 4.69) is 22.6 Å². The number of aromatic amines is 1. The van der Waals surface area contributed by atoms with Crippen LogP contribution in [-0.4, -0.2) is 34.8 Å². The van der Waals surface area contributed by atoms with E-state index in [9.17, 15) is 10.1 Å². The molecule has 0 aliphatic rings. The summed E-state index contributed by atoms with van der Waals surface area (Å²) in [7, 11) is 1.48. The van der Waals surface area contributed by atoms with E-state index in [1.165, 1.54) is 7.11 Å². The number of nitrogens with one attached hydrogen (secondary N) is 1. The molecule has 0 aliphatic carbocycles. The molecule has 7 nitrogen and oxygen atoms in total. The molecule has 0 spiro atoms. The van der Waals surface area contributed by atoms with Gasteiger partial charge in [-0.1, -0.05) is 6.08 Å². The molecule has 31 heavy (non-hydrogen) atoms. The Morgan fingerprint density at radius 3 is 2.68 bits per heavy atom. The van der Waals surface area contributed by atoms with Crippen molar-refractivity contribution >= 4 is 28.7 Å². The number of nitriles is 1. The molecule has 0 fully saturated rings. The molecule has 7 heteroatoms. The number of ether oxygens (including phenoxy) is 2. The first-order chi connectivity index (χ1) is 14.9. The van der Waals surface area contributed by atoms with E-state index < -0.39 is 12.6 Å². The van der Waals surface area contributed by atoms with Crippen molar-refractivity contribution in [1.29, 1.82) is 5.26 Å². The van der Waals surface area contributed by atoms with Crippen molar-refractivity contribution in [3.8, 4) is 17.6 Å². The molecule has 0 unspecified atom stereocenters. The summed E-state index contributed by atoms with van der Waals surface area (Å²) >= 11 is 0. The number of aryl methyl sites for hydroxylation is 2. The van der Waals surface area contributed by atoms with Crippen molar-refractivity contribution in [3.05, 3.63) is 65.0 Å². The highest BCUT2D eigenvalue weighted by Crippen LogP contribution is 2.35. The molecule has 1 heterocycles. The molecule has 2 N–H and O–H groups in total. The average molecular weight is 417 g/mol. The Kier molecular flexibility index (Phi) is 6.41. The van der Waals surface area contributed by atoms with Gasteiger partial charge in [-0.15, -0.1) is 6.58 Å². The summed E-state index contributed by atoms with van der Waals surface area (Å²) in [5.41, 5.74) is 5.68. The number of benzene rings is 2. The van der Waals surface area contributed by atoms with Gasteiger partial charge in [-0.25, -0.2) is 9.78 Å². The van der Waals surface area contributed by atoms with Crippen LogP contribution in [-0.2, 0) is 11.2 Å². The maximum atomic E-state index is 10.9. The number of nitrogens with zero attached hydrogens (tertiary/aromatic N) is 2. The summed E-state index contributed by atoms with van der Waals surface area (Å²) in [6, 6.07) is 9.70. The zero-order chi connectivity index (χ0) is 22.5. The second-order valence-corrected chi connectivity index (χ2v) is 7.10. The lowest BCUT2D eigenvalue weighted by Gasteiger charge is -2.14. The highest BCUT2D eigenvalue weighted by atomic mass is 16.5. The molecule has 0 amide bonds. The number of hydrogen-bond acceptors (Lipinski definition) is 5. The van der Waals surface area contributed by atoms with Gasteiger partial charge >= 0.3 is 5.97 Å². The van der Waals surface area contributed by atoms with E-state index >= 15 is 0 Å². The maximum absolute atomic E-state index is 10.9. The quantitative estimate of drug-likeness (QED) is 0.414. The van der Waals surface area contributed by atoms with Gasteiger partial charge in [0.05, 0.1) is 23.7 Å². The van der Waals surface area contributed by atoms with E-state index in [0.29, 0.717) is 40.4 Å². The Morgan fingerprint density at radius 2 is 2.03 bits per heavy atom. The zero-order valence-electron chi connectivity index (χ0n) is 17.7. The van der Waals surface area contributed by atoms with Crippen LogP contribution in [0.15, 0.2) is 36.9 Å². The number of H-pyrrole nitrogens is 1. The van der Waals surface area contributed by atoms with Gasteiger partial charge in [0.15, 0.2) is 18.1 Å². The van der Waals surface area contributed by atoms with Crippen molar-refractivity contribution in [2.75, 3.05) is 13.7 Å². The van der Waals surface area contributed by atoms with E-state index in [0.717, 1.165) is 22.2 Å². The molecule has 0 aliphatic heterocycles. The minimum Gasteiger partial charge on any atom is -0.493 e. The monoisotopic (exact) mass is 417 g/mol. The normalized spacial score (nSPS) is 11.2. The highest BCUT2D eigenvalue weighted by molar-refractivity contribution is 5.91. The molecule has 0 saturated carbocycles. The van der Waals surface area contributed by atoms with Crippen molar-refractivity contribution in [1.82, 2.24) is 9.97 Å². The Labute approximate surface area is 180 Å². The number of methoxy groups -OCH3 is 1. The van der Waals surface area contributed by atoms with Crippen LogP contribution in [0.1, 0.15) is 28.1 Å². The molecule has 2 aromatic carbocycles. The predicted molar refractivity (Wildman–Crippen MR) is 119 cm³/mol. The summed E-state index contributed by atoms with van der Waals surface area (Å²) in [5.74, 6) is 0.103. The lowest BCUT2D eigenvalue weighted by atomic mass is 10.0. The van der Waals surface area contributed by atoms with Gasteiger partial charge in [-0.2, -0.15) is 5.26 Å². The summed E-state index contributed by atoms with van der Waals surface area (Å²) in [4.78, 5) is 18.7. The number of imidazole rings is 1. The average Bonchev–Trinajstić information content (AvgIpc) is 3.13. The number of carboxylic acid groups (broad SMARTS) is 1. The van der Waals surface area contributed by atoms with Gasteiger partial charge in [0, 0.05) is 5.56 Å². The molecule has 0 saturated heterocycles. The molecule has 0 atom stereocenters. The largest absolute Gasteiger partial charge is 0.493 e. The Morgan fingerprint density at radius 1 is 1.29 bits per heavy atom. The maximum Gasteiger partial charge on any atom is 0.341 e. The van der Waals surface area contributed by atoms with E-state index in [-0.39, 0.29) is 0 Å². The van der Waals surface area contributed by atoms with Crippen LogP contribution in [0.4, 0.5) is 0 Å². The second kappa shape index (κ2) is 9.18. The molecular formula is C24H23N3O4. The van der Waals surface area contributed by atoms with Crippen molar-refractivity contribution in [3.63, 3.8) is 0 Å². The molecular weight excluding hydrogens is 394 g/mol. The zero-order valence-corrected chi connectivity index (χ0v) is 17.7. The fraction of sp³-hybridized carbons (Fsp3) is 0.208. The van der Waals surface area contributed by atoms with Crippen LogP contribution < -0.4 is 9.47 Å². The first-order valence-corrected chi connectivity index (χ1v) is 9.61. The van der Waals surface area contributed by atoms with Crippen LogP contribution in [0.2, 0.25) is 0 Å². The van der Waals surface area contributed by atoms with Gasteiger partial charge in [-0.3, -0.25) is 0 Å². The van der Waals surface area contributed by atoms with Crippen molar-refractivity contribution in [2.24, 2.45) is 0 Å². The SMILES string of the molecule is C=CCc1cc(/C=C(/C#N)c2nc3cc(C)c(C)cc3[nH]2)cc(OC)c1OCC(=O)O. The first-order valence-electron chi connectivity index (χ1n) is 9.61. The fourth-order valence-electron chi connectivity index (χ4n) is 3.24. The van der Waals surface area contributed by atoms with Gasteiger partial charge < -0.3 is 19.6 Å². The van der Waals surface area contributed by atoms with E-state index in [1.54, 1.807) is 18.2 Å². The number of hydrogen-bond donors (Lipinski definition) is 2. The number of aliphatic carboxylic acids is 1. The number of fused-ring (bicyclic) bond motifs is 1. The third-order valence-electron chi connectivity index (χ3n) is 4.86. The minimum absolute atomic E-state index is 0.343. The molecule has 0 radical (unpaired) electrons. The number of carboxylic acids is 1. The van der Waals surface area contributed by atoms with Gasteiger partial charge in [-0.05, 0) is 67.3 Å². The number of rotatable bonds is 8. The molecule has 3 rings (SSSR count). The Balaban J connectivity index is 2.07. The standard InChI is InChI=1S/C24H23N3O4/c1-5-6-17-9-16(11-21(30-4)23(17)31-13-22(28)29)10-18(12-25)24-26-19-7-14(2)15(3)8-20(19)27-24/h5,7-11H,1,6,13H2,2-4H3,(H,26,27)(H,28,29)/b18-10-. The van der Waals surface area contributed by atoms with Crippen LogP contribution >= 0.6 is 0 Å². The van der Waals surface area contributed by atoms with Crippen molar-refractivity contribution < 1.29 is 19.4 Å². The smallest absolute Gasteiger partial charge is 0.341 e. The lowest BCUT2D eigenvalue weighted by molar-refractivity contribution is -0.139. The fourth-order valence-corrected chi connectivity index (χ4v) is 3.24. The van der Waals surface area contributed by atoms with Crippen LogP contribution in [0.5, 0.6) is 11.5 Å². The first kappa shape index (κ1) is 21.7. The van der Waals surface area contributed by atoms with Gasteiger partial charge in [0.2, 0.25) is 0 Å². The summed E-state index contributed by atoms with van der Waals surface area (Å²) in [6.45, 7) is 7.30. The Bertz CT molecular complexity index is 1190. The second-order valence-electron chi connectivity index (χ2n) is 7.10. The molecule has 158 valence electrons. The number of aromatic nitrogens is 2. The topological polar surface area (TPSA) is 108 Å². The van der Waals surface area contributed by atoms with E-state index in [1.807, 2.05) is 32.0 Å². The summed E-state index contributed by atoms with van der Waals surface area (Å²) < 4.78 is 10.8. The van der Waals surface area contributed by atoms with Gasteiger partial charge in [0.1, 0.15) is 11.9 Å². The number of carbonyl (C=O) groups is 1. The summed E-state index contributed by atoms with van der Waals surface area (Å²) in [6.07, 6.45) is 3.83. The van der Waals surface area contributed by atoms with Crippen molar-refractivity contribution in [2.45, 2.75) is 20.3 Å². The van der Waals surface area contributed by atoms with Gasteiger partial charge in [0.25, 0.3) is 0 Å². The van der Waals surface area contributed by atoms with Crippen LogP contribution in [0.3, 0.4) is 0 Å². The third-order valence-corrected chi connectivity index (χ3v) is 4.86. The third kappa shape index (κ3) is 4.75. The summed E-state index contributed by atoms with van der Waals surface area (Å²) in [5, 5.41) is 18.7. The molecule has 1 aromatic heterocycles. The Hall–Kier alpha value is -4.05. The van der Waals surface area contributed by atoms with E-state index in [4.69, 9.17) is 14.6 Å². The van der Waals surface area contributed by atoms with Crippen LogP contribution in [0.25, 0.3) is 22.7 Å². The molecule has 3 aromatic rings. The minimum atomic E-state index is -1.09. The molecule has 0 bridgehead atoms. The number of allylic oxidation sites excluding steroid dienone is 2.